The van der Waals surface area contributed by atoms with Crippen LogP contribution in [-0.2, 0) is 14.8 Å². The number of nitrogen functional groups attached to an aromatic ring is 1. The summed E-state index contributed by atoms with van der Waals surface area (Å²) in [4.78, 5) is 11.3. The molecule has 0 atom stereocenters. The van der Waals surface area contributed by atoms with E-state index in [0.29, 0.717) is 5.56 Å². The molecular formula is C13H21N3O3S. The van der Waals surface area contributed by atoms with Gasteiger partial charge < -0.3 is 11.1 Å². The van der Waals surface area contributed by atoms with Gasteiger partial charge >= 0.3 is 0 Å². The summed E-state index contributed by atoms with van der Waals surface area (Å²) >= 11 is 0. The van der Waals surface area contributed by atoms with Crippen LogP contribution < -0.4 is 11.1 Å². The SMILES string of the molecule is CNC(=O)CCN(C)S(=O)(=O)c1c(N)ccc(C)c1C. The molecule has 1 amide bonds. The first-order valence-corrected chi connectivity index (χ1v) is 7.68. The Hall–Kier alpha value is -1.60. The van der Waals surface area contributed by atoms with Gasteiger partial charge in [0.05, 0.1) is 5.69 Å². The van der Waals surface area contributed by atoms with Gasteiger partial charge in [-0.15, -0.1) is 0 Å². The van der Waals surface area contributed by atoms with E-state index in [-0.39, 0.29) is 29.5 Å². The molecular weight excluding hydrogens is 278 g/mol. The Kier molecular flexibility index (Phi) is 5.13. The van der Waals surface area contributed by atoms with Crippen molar-refractivity contribution in [2.24, 2.45) is 0 Å². The number of nitrogens with two attached hydrogens (primary N) is 1. The molecule has 0 radical (unpaired) electrons. The standard InChI is InChI=1S/C13H21N3O3S/c1-9-5-6-11(14)13(10(9)2)20(18,19)16(4)8-7-12(17)15-3/h5-6H,7-8,14H2,1-4H3,(H,15,17). The minimum absolute atomic E-state index is 0.106. The maximum absolute atomic E-state index is 12.5. The summed E-state index contributed by atoms with van der Waals surface area (Å²) in [5.41, 5.74) is 7.53. The maximum Gasteiger partial charge on any atom is 0.245 e. The minimum Gasteiger partial charge on any atom is -0.398 e. The fraction of sp³-hybridized carbons (Fsp3) is 0.462. The van der Waals surface area contributed by atoms with Gasteiger partial charge in [0.15, 0.2) is 0 Å². The Labute approximate surface area is 120 Å². The van der Waals surface area contributed by atoms with Gasteiger partial charge in [-0.1, -0.05) is 6.07 Å². The van der Waals surface area contributed by atoms with Gasteiger partial charge in [0, 0.05) is 27.1 Å². The van der Waals surface area contributed by atoms with Gasteiger partial charge in [0.25, 0.3) is 0 Å². The van der Waals surface area contributed by atoms with Crippen LogP contribution in [0.25, 0.3) is 0 Å². The van der Waals surface area contributed by atoms with Crippen molar-refractivity contribution in [1.29, 1.82) is 0 Å². The molecule has 1 rings (SSSR count). The monoisotopic (exact) mass is 299 g/mol. The number of anilines is 1. The van der Waals surface area contributed by atoms with Crippen molar-refractivity contribution in [3.8, 4) is 0 Å². The van der Waals surface area contributed by atoms with E-state index in [1.807, 2.05) is 6.92 Å². The van der Waals surface area contributed by atoms with E-state index in [1.54, 1.807) is 19.1 Å². The molecule has 0 aliphatic rings. The van der Waals surface area contributed by atoms with Crippen molar-refractivity contribution in [1.82, 2.24) is 9.62 Å². The highest BCUT2D eigenvalue weighted by Crippen LogP contribution is 2.27. The molecule has 7 heteroatoms. The predicted octanol–water partition coefficient (Wildman–Crippen LogP) is 0.642. The van der Waals surface area contributed by atoms with Crippen molar-refractivity contribution >= 4 is 21.6 Å². The van der Waals surface area contributed by atoms with E-state index < -0.39 is 10.0 Å². The number of amides is 1. The number of sulfonamides is 1. The van der Waals surface area contributed by atoms with E-state index in [2.05, 4.69) is 5.32 Å². The molecule has 0 aliphatic carbocycles. The van der Waals surface area contributed by atoms with Gasteiger partial charge in [-0.2, -0.15) is 0 Å². The Morgan fingerprint density at radius 2 is 1.95 bits per heavy atom. The van der Waals surface area contributed by atoms with Crippen LogP contribution in [0.2, 0.25) is 0 Å². The average Bonchev–Trinajstić information content (AvgIpc) is 2.39. The largest absolute Gasteiger partial charge is 0.398 e. The minimum atomic E-state index is -3.70. The highest BCUT2D eigenvalue weighted by molar-refractivity contribution is 7.89. The number of aryl methyl sites for hydroxylation is 1. The van der Waals surface area contributed by atoms with Crippen LogP contribution in [0.4, 0.5) is 5.69 Å². The Morgan fingerprint density at radius 3 is 2.50 bits per heavy atom. The van der Waals surface area contributed by atoms with Crippen molar-refractivity contribution in [2.45, 2.75) is 25.2 Å². The van der Waals surface area contributed by atoms with Gasteiger partial charge in [0.1, 0.15) is 4.90 Å². The summed E-state index contributed by atoms with van der Waals surface area (Å²) < 4.78 is 26.2. The summed E-state index contributed by atoms with van der Waals surface area (Å²) in [6.07, 6.45) is 0.108. The normalized spacial score (nSPS) is 11.7. The number of nitrogens with one attached hydrogen (secondary N) is 1. The van der Waals surface area contributed by atoms with E-state index >= 15 is 0 Å². The highest BCUT2D eigenvalue weighted by atomic mass is 32.2. The number of hydrogen-bond acceptors (Lipinski definition) is 4. The van der Waals surface area contributed by atoms with Crippen LogP contribution in [-0.4, -0.2) is 39.3 Å². The fourth-order valence-corrected chi connectivity index (χ4v) is 3.37. The zero-order valence-electron chi connectivity index (χ0n) is 12.2. The van der Waals surface area contributed by atoms with Gasteiger partial charge in [-0.25, -0.2) is 12.7 Å². The molecule has 0 heterocycles. The molecule has 0 bridgehead atoms. The van der Waals surface area contributed by atoms with E-state index in [9.17, 15) is 13.2 Å². The molecule has 20 heavy (non-hydrogen) atoms. The maximum atomic E-state index is 12.5. The van der Waals surface area contributed by atoms with Crippen LogP contribution in [0, 0.1) is 13.8 Å². The van der Waals surface area contributed by atoms with Crippen LogP contribution in [0.15, 0.2) is 17.0 Å². The molecule has 0 fully saturated rings. The van der Waals surface area contributed by atoms with Crippen LogP contribution in [0.5, 0.6) is 0 Å². The smallest absolute Gasteiger partial charge is 0.245 e. The molecule has 0 aliphatic heterocycles. The topological polar surface area (TPSA) is 92.5 Å². The summed E-state index contributed by atoms with van der Waals surface area (Å²) in [5, 5.41) is 2.46. The number of rotatable bonds is 5. The first-order chi connectivity index (χ1) is 9.21. The third-order valence-electron chi connectivity index (χ3n) is 3.31. The summed E-state index contributed by atoms with van der Waals surface area (Å²) in [6, 6.07) is 3.37. The Balaban J connectivity index is 3.11. The summed E-state index contributed by atoms with van der Waals surface area (Å²) in [5.74, 6) is -0.207. The molecule has 112 valence electrons. The van der Waals surface area contributed by atoms with Gasteiger partial charge in [-0.3, -0.25) is 4.79 Å². The second-order valence-electron chi connectivity index (χ2n) is 4.68. The van der Waals surface area contributed by atoms with Crippen molar-refractivity contribution in [2.75, 3.05) is 26.4 Å². The summed E-state index contributed by atoms with van der Waals surface area (Å²) in [7, 11) is -0.741. The zero-order valence-corrected chi connectivity index (χ0v) is 13.0. The van der Waals surface area contributed by atoms with Crippen LogP contribution in [0.3, 0.4) is 0 Å². The summed E-state index contributed by atoms with van der Waals surface area (Å²) in [6.45, 7) is 3.66. The quantitative estimate of drug-likeness (QED) is 0.780. The molecule has 0 saturated heterocycles. The van der Waals surface area contributed by atoms with Crippen LogP contribution in [0.1, 0.15) is 17.5 Å². The molecule has 0 aromatic heterocycles. The molecule has 0 spiro atoms. The first kappa shape index (κ1) is 16.5. The lowest BCUT2D eigenvalue weighted by Gasteiger charge is -2.20. The third-order valence-corrected chi connectivity index (χ3v) is 5.37. The number of carbonyl (C=O) groups is 1. The lowest BCUT2D eigenvalue weighted by atomic mass is 10.1. The van der Waals surface area contributed by atoms with Gasteiger partial charge in [-0.05, 0) is 31.0 Å². The average molecular weight is 299 g/mol. The second kappa shape index (κ2) is 6.23. The Morgan fingerprint density at radius 1 is 1.35 bits per heavy atom. The first-order valence-electron chi connectivity index (χ1n) is 6.24. The molecule has 1 aromatic rings. The molecule has 6 nitrogen and oxygen atoms in total. The number of carbonyl (C=O) groups excluding carboxylic acids is 1. The number of nitrogens with zero attached hydrogens (tertiary/aromatic N) is 1. The van der Waals surface area contributed by atoms with Gasteiger partial charge in [0.2, 0.25) is 15.9 Å². The van der Waals surface area contributed by atoms with Crippen LogP contribution >= 0.6 is 0 Å². The van der Waals surface area contributed by atoms with E-state index in [0.717, 1.165) is 9.87 Å². The lowest BCUT2D eigenvalue weighted by Crippen LogP contribution is -2.32. The molecule has 0 unspecified atom stereocenters. The second-order valence-corrected chi connectivity index (χ2v) is 6.66. The van der Waals surface area contributed by atoms with E-state index in [4.69, 9.17) is 5.73 Å². The third kappa shape index (κ3) is 3.29. The number of hydrogen-bond donors (Lipinski definition) is 2. The molecule has 0 saturated carbocycles. The lowest BCUT2D eigenvalue weighted by molar-refractivity contribution is -0.120. The van der Waals surface area contributed by atoms with E-state index in [1.165, 1.54) is 14.1 Å². The number of benzene rings is 1. The zero-order chi connectivity index (χ0) is 15.5. The molecule has 3 N–H and O–H groups in total. The fourth-order valence-electron chi connectivity index (χ4n) is 1.81. The highest BCUT2D eigenvalue weighted by Gasteiger charge is 2.26. The van der Waals surface area contributed by atoms with Crippen molar-refractivity contribution < 1.29 is 13.2 Å². The Bertz CT molecular complexity index is 612. The van der Waals surface area contributed by atoms with Crippen molar-refractivity contribution in [3.05, 3.63) is 23.3 Å². The molecule has 1 aromatic carbocycles. The van der Waals surface area contributed by atoms with Crippen molar-refractivity contribution in [3.63, 3.8) is 0 Å². The predicted molar refractivity (Wildman–Crippen MR) is 78.8 cm³/mol.